The van der Waals surface area contributed by atoms with E-state index in [1.807, 2.05) is 30.5 Å². The zero-order valence-corrected chi connectivity index (χ0v) is 15.0. The summed E-state index contributed by atoms with van der Waals surface area (Å²) in [6.07, 6.45) is 5.91. The van der Waals surface area contributed by atoms with Crippen LogP contribution in [-0.4, -0.2) is 27.2 Å². The third kappa shape index (κ3) is 3.64. The van der Waals surface area contributed by atoms with Gasteiger partial charge in [0.1, 0.15) is 11.1 Å². The van der Waals surface area contributed by atoms with Crippen LogP contribution in [0, 0.1) is 11.3 Å². The molecule has 0 amide bonds. The quantitative estimate of drug-likeness (QED) is 0.682. The average molecular weight is 362 g/mol. The van der Waals surface area contributed by atoms with Gasteiger partial charge < -0.3 is 9.30 Å². The Morgan fingerprint density at radius 1 is 1.15 bits per heavy atom. The molecule has 2 aromatic heterocycles. The largest absolute Gasteiger partial charge is 0.376 e. The number of nitrogens with zero attached hydrogens (tertiary/aromatic N) is 4. The van der Waals surface area contributed by atoms with Crippen LogP contribution in [0.5, 0.6) is 0 Å². The lowest BCUT2D eigenvalue weighted by molar-refractivity contribution is 0.0954. The monoisotopic (exact) mass is 362 g/mol. The number of hydrogen-bond acceptors (Lipinski definition) is 5. The summed E-state index contributed by atoms with van der Waals surface area (Å²) in [6.45, 7) is 1.61. The van der Waals surface area contributed by atoms with Crippen molar-refractivity contribution >= 4 is 11.8 Å². The fraction of sp³-hybridized carbons (Fsp3) is 0.250. The summed E-state index contributed by atoms with van der Waals surface area (Å²) in [6, 6.07) is 16.0. The fourth-order valence-electron chi connectivity index (χ4n) is 3.05. The van der Waals surface area contributed by atoms with Gasteiger partial charge in [0, 0.05) is 12.8 Å². The Labute approximate surface area is 156 Å². The summed E-state index contributed by atoms with van der Waals surface area (Å²) in [4.78, 5) is 8.99. The molecule has 1 aromatic carbocycles. The second-order valence-electron chi connectivity index (χ2n) is 6.14. The molecule has 3 aromatic rings. The van der Waals surface area contributed by atoms with Crippen molar-refractivity contribution in [2.75, 3.05) is 6.61 Å². The van der Waals surface area contributed by atoms with Crippen LogP contribution in [-0.2, 0) is 11.3 Å². The predicted octanol–water partition coefficient (Wildman–Crippen LogP) is 4.15. The molecule has 0 N–H and O–H groups in total. The maximum absolute atomic E-state index is 8.92. The normalized spacial score (nSPS) is 16.5. The van der Waals surface area contributed by atoms with E-state index in [-0.39, 0.29) is 6.10 Å². The van der Waals surface area contributed by atoms with E-state index in [0.29, 0.717) is 5.56 Å². The van der Waals surface area contributed by atoms with Gasteiger partial charge in [-0.25, -0.2) is 9.97 Å². The number of nitriles is 1. The summed E-state index contributed by atoms with van der Waals surface area (Å²) >= 11 is 1.51. The highest BCUT2D eigenvalue weighted by Crippen LogP contribution is 2.31. The molecule has 1 fully saturated rings. The number of pyridine rings is 1. The molecule has 130 valence electrons. The highest BCUT2D eigenvalue weighted by Gasteiger charge is 2.21. The molecule has 1 aliphatic heterocycles. The standard InChI is InChI=1S/C20H18N4OS/c21-11-15-8-9-19(22-12-15)26-20-23-13-18(16-5-2-1-3-6-16)24(20)14-17-7-4-10-25-17/h1-3,5-6,8-9,12-13,17H,4,7,10,14H2/t17-/m1/s1. The van der Waals surface area contributed by atoms with Crippen LogP contribution in [0.2, 0.25) is 0 Å². The molecule has 26 heavy (non-hydrogen) atoms. The molecule has 0 unspecified atom stereocenters. The van der Waals surface area contributed by atoms with Crippen molar-refractivity contribution < 1.29 is 4.74 Å². The maximum Gasteiger partial charge on any atom is 0.174 e. The van der Waals surface area contributed by atoms with E-state index in [1.54, 1.807) is 12.3 Å². The summed E-state index contributed by atoms with van der Waals surface area (Å²) in [5, 5.41) is 10.6. The lowest BCUT2D eigenvalue weighted by Crippen LogP contribution is -2.16. The third-order valence-corrected chi connectivity index (χ3v) is 5.32. The van der Waals surface area contributed by atoms with Gasteiger partial charge in [0.05, 0.1) is 30.1 Å². The van der Waals surface area contributed by atoms with Gasteiger partial charge in [0.25, 0.3) is 0 Å². The molecule has 3 heterocycles. The highest BCUT2D eigenvalue weighted by molar-refractivity contribution is 7.99. The van der Waals surface area contributed by atoms with Crippen LogP contribution in [0.25, 0.3) is 11.3 Å². The SMILES string of the molecule is N#Cc1ccc(Sc2ncc(-c3ccccc3)n2C[C@H]2CCCO2)nc1. The zero-order valence-electron chi connectivity index (χ0n) is 14.2. The van der Waals surface area contributed by atoms with Gasteiger partial charge in [-0.15, -0.1) is 0 Å². The molecular weight excluding hydrogens is 344 g/mol. The van der Waals surface area contributed by atoms with Crippen molar-refractivity contribution in [3.8, 4) is 17.3 Å². The summed E-state index contributed by atoms with van der Waals surface area (Å²) in [7, 11) is 0. The van der Waals surface area contributed by atoms with E-state index in [2.05, 4.69) is 32.7 Å². The molecule has 5 nitrogen and oxygen atoms in total. The Morgan fingerprint density at radius 3 is 2.73 bits per heavy atom. The zero-order chi connectivity index (χ0) is 17.8. The smallest absolute Gasteiger partial charge is 0.174 e. The van der Waals surface area contributed by atoms with Crippen LogP contribution >= 0.6 is 11.8 Å². The number of aromatic nitrogens is 3. The minimum atomic E-state index is 0.222. The summed E-state index contributed by atoms with van der Waals surface area (Å²) in [5.74, 6) is 0. The first-order valence-corrected chi connectivity index (χ1v) is 9.41. The summed E-state index contributed by atoms with van der Waals surface area (Å²) in [5.41, 5.74) is 2.77. The Balaban J connectivity index is 1.66. The minimum Gasteiger partial charge on any atom is -0.376 e. The lowest BCUT2D eigenvalue weighted by Gasteiger charge is -2.16. The molecule has 0 bridgehead atoms. The average Bonchev–Trinajstić information content (AvgIpc) is 3.34. The van der Waals surface area contributed by atoms with Crippen molar-refractivity contribution in [3.63, 3.8) is 0 Å². The Bertz CT molecular complexity index is 909. The van der Waals surface area contributed by atoms with Gasteiger partial charge in [0.15, 0.2) is 5.16 Å². The first-order valence-electron chi connectivity index (χ1n) is 8.60. The highest BCUT2D eigenvalue weighted by atomic mass is 32.2. The van der Waals surface area contributed by atoms with Crippen molar-refractivity contribution in [1.82, 2.24) is 14.5 Å². The molecular formula is C20H18N4OS. The second-order valence-corrected chi connectivity index (χ2v) is 7.12. The van der Waals surface area contributed by atoms with Crippen LogP contribution in [0.1, 0.15) is 18.4 Å². The van der Waals surface area contributed by atoms with Gasteiger partial charge in [-0.2, -0.15) is 5.26 Å². The second kappa shape index (κ2) is 7.73. The maximum atomic E-state index is 8.92. The van der Waals surface area contributed by atoms with Crippen LogP contribution in [0.3, 0.4) is 0 Å². The van der Waals surface area contributed by atoms with Gasteiger partial charge in [0.2, 0.25) is 0 Å². The van der Waals surface area contributed by atoms with Gasteiger partial charge >= 0.3 is 0 Å². The van der Waals surface area contributed by atoms with E-state index in [1.165, 1.54) is 11.8 Å². The molecule has 0 saturated carbocycles. The number of ether oxygens (including phenoxy) is 1. The van der Waals surface area contributed by atoms with Gasteiger partial charge in [-0.1, -0.05) is 30.3 Å². The van der Waals surface area contributed by atoms with Crippen molar-refractivity contribution in [1.29, 1.82) is 5.26 Å². The molecule has 1 aliphatic rings. The number of benzene rings is 1. The molecule has 4 rings (SSSR count). The van der Waals surface area contributed by atoms with Crippen molar-refractivity contribution in [2.24, 2.45) is 0 Å². The van der Waals surface area contributed by atoms with E-state index in [0.717, 1.165) is 47.4 Å². The molecule has 0 radical (unpaired) electrons. The minimum absolute atomic E-state index is 0.222. The fourth-order valence-corrected chi connectivity index (χ4v) is 3.87. The Morgan fingerprint density at radius 2 is 2.04 bits per heavy atom. The number of rotatable bonds is 5. The topological polar surface area (TPSA) is 63.7 Å². The van der Waals surface area contributed by atoms with Crippen molar-refractivity contribution in [3.05, 3.63) is 60.4 Å². The van der Waals surface area contributed by atoms with E-state index >= 15 is 0 Å². The van der Waals surface area contributed by atoms with Crippen molar-refractivity contribution in [2.45, 2.75) is 35.7 Å². The molecule has 0 spiro atoms. The van der Waals surface area contributed by atoms with Gasteiger partial charge in [-0.05, 0) is 42.3 Å². The first-order chi connectivity index (χ1) is 12.8. The van der Waals surface area contributed by atoms with Crippen LogP contribution in [0.15, 0.2) is 65.0 Å². The lowest BCUT2D eigenvalue weighted by atomic mass is 10.1. The molecule has 6 heteroatoms. The van der Waals surface area contributed by atoms with Crippen LogP contribution in [0.4, 0.5) is 0 Å². The van der Waals surface area contributed by atoms with E-state index in [9.17, 15) is 0 Å². The number of imidazole rings is 1. The first kappa shape index (κ1) is 16.8. The third-order valence-electron chi connectivity index (χ3n) is 4.36. The molecule has 0 aliphatic carbocycles. The Hall–Kier alpha value is -2.62. The predicted molar refractivity (Wildman–Crippen MR) is 99.7 cm³/mol. The number of hydrogen-bond donors (Lipinski definition) is 0. The molecule has 1 atom stereocenters. The van der Waals surface area contributed by atoms with Crippen LogP contribution < -0.4 is 0 Å². The van der Waals surface area contributed by atoms with Gasteiger partial charge in [-0.3, -0.25) is 0 Å². The Kier molecular flexibility index (Phi) is 5.00. The summed E-state index contributed by atoms with van der Waals surface area (Å²) < 4.78 is 8.06. The van der Waals surface area contributed by atoms with E-state index in [4.69, 9.17) is 10.00 Å². The molecule has 1 saturated heterocycles. The van der Waals surface area contributed by atoms with E-state index < -0.39 is 0 Å².